The van der Waals surface area contributed by atoms with Gasteiger partial charge in [0.1, 0.15) is 17.5 Å². The number of aryl methyl sites for hydroxylation is 1. The molecule has 1 atom stereocenters. The van der Waals surface area contributed by atoms with Crippen molar-refractivity contribution >= 4 is 28.9 Å². The second-order valence-electron chi connectivity index (χ2n) is 7.78. The summed E-state index contributed by atoms with van der Waals surface area (Å²) in [7, 11) is 0. The molecule has 1 aromatic heterocycles. The quantitative estimate of drug-likeness (QED) is 0.797. The van der Waals surface area contributed by atoms with Gasteiger partial charge >= 0.3 is 0 Å². The summed E-state index contributed by atoms with van der Waals surface area (Å²) in [6.07, 6.45) is 2.57. The number of piperidine rings is 1. The van der Waals surface area contributed by atoms with Crippen molar-refractivity contribution in [3.8, 4) is 0 Å². The molecule has 3 heterocycles. The van der Waals surface area contributed by atoms with E-state index in [9.17, 15) is 0 Å². The molecule has 27 heavy (non-hydrogen) atoms. The molecule has 5 nitrogen and oxygen atoms in total. The van der Waals surface area contributed by atoms with Gasteiger partial charge in [0.15, 0.2) is 0 Å². The molecule has 2 fully saturated rings. The van der Waals surface area contributed by atoms with Gasteiger partial charge in [-0.3, -0.25) is 0 Å². The molecule has 0 bridgehead atoms. The lowest BCUT2D eigenvalue weighted by Crippen LogP contribution is -2.47. The Morgan fingerprint density at radius 2 is 1.63 bits per heavy atom. The molecule has 6 heteroatoms. The summed E-state index contributed by atoms with van der Waals surface area (Å²) in [5.41, 5.74) is 1.20. The fourth-order valence-corrected chi connectivity index (χ4v) is 4.31. The van der Waals surface area contributed by atoms with Crippen molar-refractivity contribution in [2.75, 3.05) is 54.0 Å². The predicted molar refractivity (Wildman–Crippen MR) is 113 cm³/mol. The van der Waals surface area contributed by atoms with Crippen LogP contribution < -0.4 is 14.7 Å². The SMILES string of the molecule is Cc1nc(N2CCN(c3cccc(Cl)c3)CC2)cc(N2CCCC(C)C2)n1. The zero-order chi connectivity index (χ0) is 18.8. The van der Waals surface area contributed by atoms with Gasteiger partial charge in [-0.1, -0.05) is 24.6 Å². The summed E-state index contributed by atoms with van der Waals surface area (Å²) in [6, 6.07) is 10.3. The number of rotatable bonds is 3. The van der Waals surface area contributed by atoms with Crippen LogP contribution >= 0.6 is 11.6 Å². The molecule has 0 amide bonds. The number of benzene rings is 1. The Balaban J connectivity index is 1.46. The molecule has 2 aromatic rings. The van der Waals surface area contributed by atoms with Crippen LogP contribution in [0.15, 0.2) is 30.3 Å². The summed E-state index contributed by atoms with van der Waals surface area (Å²) >= 11 is 6.15. The summed E-state index contributed by atoms with van der Waals surface area (Å²) in [5.74, 6) is 3.74. The first-order valence-electron chi connectivity index (χ1n) is 9.94. The second-order valence-corrected chi connectivity index (χ2v) is 8.22. The number of aromatic nitrogens is 2. The third kappa shape index (κ3) is 4.29. The minimum atomic E-state index is 0.735. The number of halogens is 1. The van der Waals surface area contributed by atoms with Crippen LogP contribution in [0.1, 0.15) is 25.6 Å². The fourth-order valence-electron chi connectivity index (χ4n) is 4.12. The van der Waals surface area contributed by atoms with Crippen LogP contribution in [0.2, 0.25) is 5.02 Å². The van der Waals surface area contributed by atoms with Crippen molar-refractivity contribution in [2.45, 2.75) is 26.7 Å². The maximum absolute atomic E-state index is 6.15. The van der Waals surface area contributed by atoms with Crippen molar-refractivity contribution in [1.29, 1.82) is 0 Å². The molecule has 0 aliphatic carbocycles. The molecule has 2 aliphatic heterocycles. The fraction of sp³-hybridized carbons (Fsp3) is 0.524. The van der Waals surface area contributed by atoms with E-state index < -0.39 is 0 Å². The van der Waals surface area contributed by atoms with Gasteiger partial charge in [-0.2, -0.15) is 0 Å². The van der Waals surface area contributed by atoms with Crippen LogP contribution in [0.5, 0.6) is 0 Å². The Hall–Kier alpha value is -2.01. The molecule has 2 aliphatic rings. The third-order valence-corrected chi connectivity index (χ3v) is 5.80. The Morgan fingerprint density at radius 3 is 2.33 bits per heavy atom. The number of hydrogen-bond acceptors (Lipinski definition) is 5. The van der Waals surface area contributed by atoms with E-state index in [1.54, 1.807) is 0 Å². The first-order chi connectivity index (χ1) is 13.1. The molecule has 2 saturated heterocycles. The third-order valence-electron chi connectivity index (χ3n) is 5.57. The van der Waals surface area contributed by atoms with Crippen molar-refractivity contribution < 1.29 is 0 Å². The van der Waals surface area contributed by atoms with E-state index in [4.69, 9.17) is 21.6 Å². The van der Waals surface area contributed by atoms with Crippen LogP contribution in [-0.2, 0) is 0 Å². The number of piperazine rings is 1. The van der Waals surface area contributed by atoms with E-state index in [0.29, 0.717) is 0 Å². The van der Waals surface area contributed by atoms with Crippen molar-refractivity contribution in [3.05, 3.63) is 41.2 Å². The van der Waals surface area contributed by atoms with Gasteiger partial charge in [0.25, 0.3) is 0 Å². The van der Waals surface area contributed by atoms with Crippen LogP contribution in [0.25, 0.3) is 0 Å². The van der Waals surface area contributed by atoms with Gasteiger partial charge in [-0.05, 0) is 43.9 Å². The van der Waals surface area contributed by atoms with Gasteiger partial charge in [0, 0.05) is 56.0 Å². The van der Waals surface area contributed by atoms with Crippen LogP contribution in [0, 0.1) is 12.8 Å². The topological polar surface area (TPSA) is 35.5 Å². The highest BCUT2D eigenvalue weighted by Crippen LogP contribution is 2.26. The molecule has 0 spiro atoms. The highest BCUT2D eigenvalue weighted by Gasteiger charge is 2.22. The van der Waals surface area contributed by atoms with Crippen LogP contribution in [-0.4, -0.2) is 49.2 Å². The van der Waals surface area contributed by atoms with Crippen molar-refractivity contribution in [3.63, 3.8) is 0 Å². The van der Waals surface area contributed by atoms with Gasteiger partial charge in [-0.25, -0.2) is 9.97 Å². The molecule has 0 radical (unpaired) electrons. The van der Waals surface area contributed by atoms with Gasteiger partial charge in [0.05, 0.1) is 0 Å². The lowest BCUT2D eigenvalue weighted by Gasteiger charge is -2.37. The van der Waals surface area contributed by atoms with E-state index in [1.807, 2.05) is 25.1 Å². The van der Waals surface area contributed by atoms with E-state index in [2.05, 4.69) is 33.8 Å². The molecule has 4 rings (SSSR count). The lowest BCUT2D eigenvalue weighted by atomic mass is 10.0. The average Bonchev–Trinajstić information content (AvgIpc) is 2.68. The van der Waals surface area contributed by atoms with Gasteiger partial charge < -0.3 is 14.7 Å². The van der Waals surface area contributed by atoms with Crippen LogP contribution in [0.3, 0.4) is 0 Å². The van der Waals surface area contributed by atoms with E-state index in [-0.39, 0.29) is 0 Å². The Kier molecular flexibility index (Phi) is 5.39. The summed E-state index contributed by atoms with van der Waals surface area (Å²) < 4.78 is 0. The molecular formula is C21H28ClN5. The van der Waals surface area contributed by atoms with Crippen molar-refractivity contribution in [2.24, 2.45) is 5.92 Å². The number of nitrogens with zero attached hydrogens (tertiary/aromatic N) is 5. The van der Waals surface area contributed by atoms with Gasteiger partial charge in [0.2, 0.25) is 0 Å². The maximum atomic E-state index is 6.15. The normalized spacial score (nSPS) is 20.9. The highest BCUT2D eigenvalue weighted by atomic mass is 35.5. The minimum absolute atomic E-state index is 0.735. The summed E-state index contributed by atoms with van der Waals surface area (Å²) in [5, 5.41) is 0.793. The standard InChI is InChI=1S/C21H28ClN5/c1-16-5-4-8-27(15-16)21-14-20(23-17(2)24-21)26-11-9-25(10-12-26)19-7-3-6-18(22)13-19/h3,6-7,13-14,16H,4-5,8-12,15H2,1-2H3. The number of anilines is 3. The monoisotopic (exact) mass is 385 g/mol. The Morgan fingerprint density at radius 1 is 0.926 bits per heavy atom. The average molecular weight is 386 g/mol. The van der Waals surface area contributed by atoms with Crippen molar-refractivity contribution in [1.82, 2.24) is 9.97 Å². The zero-order valence-electron chi connectivity index (χ0n) is 16.2. The van der Waals surface area contributed by atoms with Crippen LogP contribution in [0.4, 0.5) is 17.3 Å². The van der Waals surface area contributed by atoms with Gasteiger partial charge in [-0.15, -0.1) is 0 Å². The second kappa shape index (κ2) is 7.93. The van der Waals surface area contributed by atoms with E-state index in [0.717, 1.165) is 67.7 Å². The first-order valence-corrected chi connectivity index (χ1v) is 10.3. The summed E-state index contributed by atoms with van der Waals surface area (Å²) in [4.78, 5) is 16.7. The maximum Gasteiger partial charge on any atom is 0.134 e. The molecule has 144 valence electrons. The summed E-state index contributed by atoms with van der Waals surface area (Å²) in [6.45, 7) is 10.4. The lowest BCUT2D eigenvalue weighted by molar-refractivity contribution is 0.444. The largest absolute Gasteiger partial charge is 0.368 e. The molecule has 0 N–H and O–H groups in total. The number of hydrogen-bond donors (Lipinski definition) is 0. The van der Waals surface area contributed by atoms with E-state index >= 15 is 0 Å². The Bertz CT molecular complexity index is 788. The predicted octanol–water partition coefficient (Wildman–Crippen LogP) is 4.00. The molecule has 1 aromatic carbocycles. The molecule has 0 saturated carbocycles. The van der Waals surface area contributed by atoms with E-state index in [1.165, 1.54) is 18.5 Å². The smallest absolute Gasteiger partial charge is 0.134 e. The zero-order valence-corrected chi connectivity index (χ0v) is 17.0. The Labute approximate surface area is 167 Å². The molecule has 1 unspecified atom stereocenters. The minimum Gasteiger partial charge on any atom is -0.368 e. The first kappa shape index (κ1) is 18.4. The molecular weight excluding hydrogens is 358 g/mol. The highest BCUT2D eigenvalue weighted by molar-refractivity contribution is 6.30.